The summed E-state index contributed by atoms with van der Waals surface area (Å²) in [5.41, 5.74) is 1.50. The minimum atomic E-state index is -0.429. The van der Waals surface area contributed by atoms with Gasteiger partial charge in [0.25, 0.3) is 5.91 Å². The molecule has 3 rings (SSSR count). The Kier molecular flexibility index (Phi) is 6.43. The zero-order valence-electron chi connectivity index (χ0n) is 15.8. The lowest BCUT2D eigenvalue weighted by molar-refractivity contribution is -0.112. The molecule has 0 unspecified atom stereocenters. The zero-order valence-corrected chi connectivity index (χ0v) is 15.8. The summed E-state index contributed by atoms with van der Waals surface area (Å²) in [7, 11) is 0. The van der Waals surface area contributed by atoms with Crippen molar-refractivity contribution in [1.82, 2.24) is 0 Å². The van der Waals surface area contributed by atoms with Crippen LogP contribution in [0.4, 0.5) is 5.69 Å². The molecule has 0 bridgehead atoms. The lowest BCUT2D eigenvalue weighted by Gasteiger charge is -2.08. The minimum absolute atomic E-state index is 0.0487. The molecule has 0 aliphatic rings. The Balaban J connectivity index is 1.75. The van der Waals surface area contributed by atoms with Crippen LogP contribution in [0.1, 0.15) is 25.3 Å². The van der Waals surface area contributed by atoms with Crippen molar-refractivity contribution in [3.05, 3.63) is 77.9 Å². The Morgan fingerprint density at radius 3 is 2.57 bits per heavy atom. The van der Waals surface area contributed by atoms with Crippen LogP contribution in [0.3, 0.4) is 0 Å². The maximum Gasteiger partial charge on any atom is 0.266 e. The minimum Gasteiger partial charge on any atom is -0.494 e. The summed E-state index contributed by atoms with van der Waals surface area (Å²) in [4.78, 5) is 12.6. The number of carbonyl (C=O) groups is 1. The van der Waals surface area contributed by atoms with Gasteiger partial charge in [0.05, 0.1) is 6.61 Å². The molecule has 4 heteroatoms. The van der Waals surface area contributed by atoms with Crippen LogP contribution in [-0.4, -0.2) is 12.5 Å². The molecule has 0 aromatic heterocycles. The van der Waals surface area contributed by atoms with Gasteiger partial charge in [0, 0.05) is 11.1 Å². The second-order valence-electron chi connectivity index (χ2n) is 6.42. The Morgan fingerprint density at radius 2 is 1.82 bits per heavy atom. The summed E-state index contributed by atoms with van der Waals surface area (Å²) in [6.07, 6.45) is 3.67. The number of unbranched alkanes of at least 4 members (excludes halogenated alkanes) is 1. The fourth-order valence-corrected chi connectivity index (χ4v) is 2.83. The van der Waals surface area contributed by atoms with Gasteiger partial charge in [-0.1, -0.05) is 61.9 Å². The van der Waals surface area contributed by atoms with Crippen molar-refractivity contribution >= 4 is 28.4 Å². The van der Waals surface area contributed by atoms with E-state index in [1.165, 1.54) is 0 Å². The van der Waals surface area contributed by atoms with Gasteiger partial charge in [-0.15, -0.1) is 0 Å². The smallest absolute Gasteiger partial charge is 0.266 e. The summed E-state index contributed by atoms with van der Waals surface area (Å²) in [5.74, 6) is 0.353. The highest BCUT2D eigenvalue weighted by Crippen LogP contribution is 2.23. The summed E-state index contributed by atoms with van der Waals surface area (Å²) in [5, 5.41) is 14.3. The van der Waals surface area contributed by atoms with E-state index in [0.717, 1.165) is 34.9 Å². The van der Waals surface area contributed by atoms with Crippen LogP contribution >= 0.6 is 0 Å². The van der Waals surface area contributed by atoms with Crippen molar-refractivity contribution in [2.75, 3.05) is 11.9 Å². The molecular formula is C24H22N2O2. The van der Waals surface area contributed by atoms with Gasteiger partial charge in [-0.05, 0) is 41.6 Å². The number of nitrogens with zero attached hydrogens (tertiary/aromatic N) is 1. The topological polar surface area (TPSA) is 62.1 Å². The molecule has 0 fully saturated rings. The summed E-state index contributed by atoms with van der Waals surface area (Å²) in [6, 6.07) is 22.8. The Labute approximate surface area is 165 Å². The van der Waals surface area contributed by atoms with Gasteiger partial charge < -0.3 is 10.1 Å². The molecule has 0 heterocycles. The number of fused-ring (bicyclic) bond motifs is 1. The Morgan fingerprint density at radius 1 is 1.07 bits per heavy atom. The molecule has 0 aliphatic heterocycles. The number of hydrogen-bond donors (Lipinski definition) is 1. The van der Waals surface area contributed by atoms with Crippen molar-refractivity contribution in [3.63, 3.8) is 0 Å². The van der Waals surface area contributed by atoms with Crippen molar-refractivity contribution in [2.24, 2.45) is 0 Å². The van der Waals surface area contributed by atoms with E-state index >= 15 is 0 Å². The molecule has 0 saturated carbocycles. The highest BCUT2D eigenvalue weighted by atomic mass is 16.5. The zero-order chi connectivity index (χ0) is 19.8. The maximum absolute atomic E-state index is 12.6. The molecule has 0 radical (unpaired) electrons. The molecular weight excluding hydrogens is 348 g/mol. The van der Waals surface area contributed by atoms with E-state index in [1.807, 2.05) is 72.8 Å². The third kappa shape index (κ3) is 4.77. The van der Waals surface area contributed by atoms with Crippen molar-refractivity contribution in [2.45, 2.75) is 19.8 Å². The molecule has 0 spiro atoms. The summed E-state index contributed by atoms with van der Waals surface area (Å²) >= 11 is 0. The van der Waals surface area contributed by atoms with E-state index in [1.54, 1.807) is 6.08 Å². The van der Waals surface area contributed by atoms with Crippen LogP contribution in [0.2, 0.25) is 0 Å². The molecule has 1 N–H and O–H groups in total. The third-order valence-electron chi connectivity index (χ3n) is 4.36. The lowest BCUT2D eigenvalue weighted by atomic mass is 10.1. The van der Waals surface area contributed by atoms with Crippen LogP contribution in [0.5, 0.6) is 5.75 Å². The lowest BCUT2D eigenvalue weighted by Crippen LogP contribution is -2.13. The standard InChI is InChI=1S/C24H22N2O2/c1-2-3-15-28-21-13-11-18(12-14-21)16-20(17-25)24(27)26-23-10-6-8-19-7-4-5-9-22(19)23/h4-14,16H,2-3,15H2,1H3,(H,26,27)/b20-16+. The fraction of sp³-hybridized carbons (Fsp3) is 0.167. The van der Waals surface area contributed by atoms with Gasteiger partial charge in [-0.3, -0.25) is 4.79 Å². The number of hydrogen-bond acceptors (Lipinski definition) is 3. The van der Waals surface area contributed by atoms with Crippen LogP contribution in [-0.2, 0) is 4.79 Å². The molecule has 140 valence electrons. The molecule has 0 aliphatic carbocycles. The molecule has 4 nitrogen and oxygen atoms in total. The molecule has 28 heavy (non-hydrogen) atoms. The van der Waals surface area contributed by atoms with Crippen LogP contribution in [0, 0.1) is 11.3 Å². The first-order valence-electron chi connectivity index (χ1n) is 9.35. The van der Waals surface area contributed by atoms with Crippen LogP contribution in [0.15, 0.2) is 72.3 Å². The molecule has 3 aromatic rings. The average molecular weight is 370 g/mol. The van der Waals surface area contributed by atoms with Gasteiger partial charge in [-0.2, -0.15) is 5.26 Å². The number of benzene rings is 3. The van der Waals surface area contributed by atoms with E-state index in [0.29, 0.717) is 12.3 Å². The van der Waals surface area contributed by atoms with Gasteiger partial charge in [0.1, 0.15) is 17.4 Å². The number of carbonyl (C=O) groups excluding carboxylic acids is 1. The predicted octanol–water partition coefficient (Wildman–Crippen LogP) is 5.56. The van der Waals surface area contributed by atoms with E-state index < -0.39 is 5.91 Å². The summed E-state index contributed by atoms with van der Waals surface area (Å²) in [6.45, 7) is 2.80. The Bertz CT molecular complexity index is 1030. The van der Waals surface area contributed by atoms with E-state index in [4.69, 9.17) is 4.74 Å². The maximum atomic E-state index is 12.6. The number of ether oxygens (including phenoxy) is 1. The molecule has 1 amide bonds. The average Bonchev–Trinajstić information content (AvgIpc) is 2.73. The normalized spacial score (nSPS) is 11.1. The van der Waals surface area contributed by atoms with Crippen molar-refractivity contribution < 1.29 is 9.53 Å². The fourth-order valence-electron chi connectivity index (χ4n) is 2.83. The quantitative estimate of drug-likeness (QED) is 0.336. The van der Waals surface area contributed by atoms with Gasteiger partial charge in [0.2, 0.25) is 0 Å². The van der Waals surface area contributed by atoms with Gasteiger partial charge >= 0.3 is 0 Å². The van der Waals surface area contributed by atoms with Gasteiger partial charge in [0.15, 0.2) is 0 Å². The third-order valence-corrected chi connectivity index (χ3v) is 4.36. The summed E-state index contributed by atoms with van der Waals surface area (Å²) < 4.78 is 5.64. The molecule has 0 atom stereocenters. The monoisotopic (exact) mass is 370 g/mol. The predicted molar refractivity (Wildman–Crippen MR) is 113 cm³/mol. The number of nitriles is 1. The first kappa shape index (κ1) is 19.2. The SMILES string of the molecule is CCCCOc1ccc(/C=C(\C#N)C(=O)Nc2cccc3ccccc23)cc1. The number of rotatable bonds is 7. The van der Waals surface area contributed by atoms with Gasteiger partial charge in [-0.25, -0.2) is 0 Å². The van der Waals surface area contributed by atoms with E-state index in [-0.39, 0.29) is 5.57 Å². The molecule has 0 saturated heterocycles. The van der Waals surface area contributed by atoms with E-state index in [2.05, 4.69) is 12.2 Å². The van der Waals surface area contributed by atoms with E-state index in [9.17, 15) is 10.1 Å². The number of nitrogens with one attached hydrogen (secondary N) is 1. The Hall–Kier alpha value is -3.58. The first-order chi connectivity index (χ1) is 13.7. The van der Waals surface area contributed by atoms with Crippen molar-refractivity contribution in [3.8, 4) is 11.8 Å². The van der Waals surface area contributed by atoms with Crippen LogP contribution < -0.4 is 10.1 Å². The number of amides is 1. The second-order valence-corrected chi connectivity index (χ2v) is 6.42. The first-order valence-corrected chi connectivity index (χ1v) is 9.35. The molecule has 3 aromatic carbocycles. The van der Waals surface area contributed by atoms with Crippen molar-refractivity contribution in [1.29, 1.82) is 5.26 Å². The van der Waals surface area contributed by atoms with Crippen LogP contribution in [0.25, 0.3) is 16.8 Å². The highest BCUT2D eigenvalue weighted by Gasteiger charge is 2.11. The highest BCUT2D eigenvalue weighted by molar-refractivity contribution is 6.12. The largest absolute Gasteiger partial charge is 0.494 e. The number of anilines is 1. The second kappa shape index (κ2) is 9.38.